The number of halogens is 2. The van der Waals surface area contributed by atoms with Gasteiger partial charge in [0, 0.05) is 24.2 Å². The molecule has 6 nitrogen and oxygen atoms in total. The number of morpholine rings is 1. The molecule has 28 heavy (non-hydrogen) atoms. The summed E-state index contributed by atoms with van der Waals surface area (Å²) in [6.07, 6.45) is 2.95. The summed E-state index contributed by atoms with van der Waals surface area (Å²) in [5.41, 5.74) is 1.02. The number of anilines is 1. The van der Waals surface area contributed by atoms with E-state index in [-0.39, 0.29) is 28.7 Å². The predicted octanol–water partition coefficient (Wildman–Crippen LogP) is 3.67. The Labute approximate surface area is 173 Å². The molecular weight excluding hydrogens is 423 g/mol. The lowest BCUT2D eigenvalue weighted by Gasteiger charge is -2.26. The maximum absolute atomic E-state index is 12.8. The van der Waals surface area contributed by atoms with Gasteiger partial charge in [0.2, 0.25) is 15.9 Å². The van der Waals surface area contributed by atoms with Crippen molar-refractivity contribution in [3.63, 3.8) is 0 Å². The first kappa shape index (κ1) is 20.8. The van der Waals surface area contributed by atoms with Crippen LogP contribution in [0.1, 0.15) is 5.56 Å². The zero-order valence-corrected chi connectivity index (χ0v) is 17.1. The molecule has 0 bridgehead atoms. The van der Waals surface area contributed by atoms with Crippen molar-refractivity contribution in [2.45, 2.75) is 4.90 Å². The Morgan fingerprint density at radius 3 is 2.43 bits per heavy atom. The van der Waals surface area contributed by atoms with Gasteiger partial charge in [-0.1, -0.05) is 35.3 Å². The molecular formula is C19H18Cl2N2O4S. The highest BCUT2D eigenvalue weighted by Crippen LogP contribution is 2.27. The molecule has 148 valence electrons. The zero-order chi connectivity index (χ0) is 20.1. The maximum Gasteiger partial charge on any atom is 0.248 e. The fourth-order valence-electron chi connectivity index (χ4n) is 2.62. The third kappa shape index (κ3) is 5.12. The molecule has 1 aliphatic rings. The van der Waals surface area contributed by atoms with Gasteiger partial charge in [-0.3, -0.25) is 4.79 Å². The van der Waals surface area contributed by atoms with Crippen molar-refractivity contribution >= 4 is 50.9 Å². The van der Waals surface area contributed by atoms with Crippen LogP contribution in [0.5, 0.6) is 0 Å². The van der Waals surface area contributed by atoms with Crippen LogP contribution in [0.3, 0.4) is 0 Å². The molecule has 0 spiro atoms. The Bertz CT molecular complexity index is 985. The summed E-state index contributed by atoms with van der Waals surface area (Å²) in [4.78, 5) is 12.3. The molecule has 1 fully saturated rings. The Morgan fingerprint density at radius 2 is 1.75 bits per heavy atom. The van der Waals surface area contributed by atoms with Crippen LogP contribution in [-0.4, -0.2) is 44.9 Å². The number of nitrogens with one attached hydrogen (secondary N) is 1. The smallest absolute Gasteiger partial charge is 0.248 e. The largest absolute Gasteiger partial charge is 0.379 e. The number of ether oxygens (including phenoxy) is 1. The van der Waals surface area contributed by atoms with Crippen LogP contribution in [-0.2, 0) is 19.6 Å². The van der Waals surface area contributed by atoms with E-state index in [0.29, 0.717) is 18.2 Å². The number of amides is 1. The summed E-state index contributed by atoms with van der Waals surface area (Å²) in [7, 11) is -3.68. The topological polar surface area (TPSA) is 75.7 Å². The van der Waals surface area contributed by atoms with E-state index in [2.05, 4.69) is 5.32 Å². The van der Waals surface area contributed by atoms with Gasteiger partial charge >= 0.3 is 0 Å². The predicted molar refractivity (Wildman–Crippen MR) is 110 cm³/mol. The number of carbonyl (C=O) groups excluding carboxylic acids is 1. The molecule has 0 radical (unpaired) electrons. The van der Waals surface area contributed by atoms with Crippen molar-refractivity contribution in [1.29, 1.82) is 0 Å². The number of carbonyl (C=O) groups is 1. The Hall–Kier alpha value is -1.90. The van der Waals surface area contributed by atoms with Crippen molar-refractivity contribution in [2.24, 2.45) is 0 Å². The number of hydrogen-bond acceptors (Lipinski definition) is 4. The third-order valence-corrected chi connectivity index (χ3v) is 6.58. The molecule has 1 aliphatic heterocycles. The van der Waals surface area contributed by atoms with Gasteiger partial charge in [-0.2, -0.15) is 4.31 Å². The molecule has 1 heterocycles. The molecule has 1 amide bonds. The third-order valence-electron chi connectivity index (χ3n) is 4.10. The lowest BCUT2D eigenvalue weighted by atomic mass is 10.2. The first-order chi connectivity index (χ1) is 13.4. The highest BCUT2D eigenvalue weighted by molar-refractivity contribution is 7.89. The van der Waals surface area contributed by atoms with Gasteiger partial charge in [-0.15, -0.1) is 0 Å². The van der Waals surface area contributed by atoms with Gasteiger partial charge in [0.25, 0.3) is 0 Å². The van der Waals surface area contributed by atoms with Crippen molar-refractivity contribution in [3.05, 3.63) is 64.1 Å². The van der Waals surface area contributed by atoms with Crippen LogP contribution < -0.4 is 5.32 Å². The van der Waals surface area contributed by atoms with Crippen molar-refractivity contribution in [3.8, 4) is 0 Å². The summed E-state index contributed by atoms with van der Waals surface area (Å²) in [5.74, 6) is -0.433. The van der Waals surface area contributed by atoms with Gasteiger partial charge < -0.3 is 10.1 Å². The molecule has 0 aromatic heterocycles. The molecule has 0 saturated carbocycles. The monoisotopic (exact) mass is 440 g/mol. The van der Waals surface area contributed by atoms with Gasteiger partial charge in [-0.05, 0) is 42.0 Å². The summed E-state index contributed by atoms with van der Waals surface area (Å²) < 4.78 is 32.1. The molecule has 1 saturated heterocycles. The van der Waals surface area contributed by atoms with E-state index in [1.807, 2.05) is 0 Å². The van der Waals surface area contributed by atoms with Gasteiger partial charge in [0.05, 0.1) is 28.8 Å². The summed E-state index contributed by atoms with van der Waals surface area (Å²) >= 11 is 12.0. The van der Waals surface area contributed by atoms with Gasteiger partial charge in [-0.25, -0.2) is 8.42 Å². The van der Waals surface area contributed by atoms with Gasteiger partial charge in [0.15, 0.2) is 0 Å². The highest BCUT2D eigenvalue weighted by atomic mass is 35.5. The fraction of sp³-hybridized carbons (Fsp3) is 0.211. The number of benzene rings is 2. The number of nitrogens with zero attached hydrogens (tertiary/aromatic N) is 1. The summed E-state index contributed by atoms with van der Waals surface area (Å²) in [6.45, 7) is 1.28. The summed E-state index contributed by atoms with van der Waals surface area (Å²) in [5, 5.41) is 3.46. The van der Waals surface area contributed by atoms with Crippen LogP contribution in [0, 0.1) is 0 Å². The van der Waals surface area contributed by atoms with E-state index < -0.39 is 15.9 Å². The lowest BCUT2D eigenvalue weighted by molar-refractivity contribution is -0.111. The molecule has 2 aromatic rings. The van der Waals surface area contributed by atoms with Crippen molar-refractivity contribution in [1.82, 2.24) is 4.31 Å². The van der Waals surface area contributed by atoms with E-state index in [1.54, 1.807) is 30.3 Å². The first-order valence-corrected chi connectivity index (χ1v) is 10.7. The van der Waals surface area contributed by atoms with Crippen LogP contribution in [0.25, 0.3) is 6.08 Å². The minimum Gasteiger partial charge on any atom is -0.379 e. The first-order valence-electron chi connectivity index (χ1n) is 8.48. The molecule has 0 unspecified atom stereocenters. The zero-order valence-electron chi connectivity index (χ0n) is 14.8. The molecule has 0 atom stereocenters. The standard InChI is InChI=1S/C19H18Cl2N2O4S/c20-15-4-1-14(2-5-15)3-8-19(24)22-18-13-16(6-7-17(18)21)28(25,26)23-9-11-27-12-10-23/h1-8,13H,9-12H2,(H,22,24)/b8-3+. The summed E-state index contributed by atoms with van der Waals surface area (Å²) in [6, 6.07) is 11.2. The van der Waals surface area contributed by atoms with Crippen LogP contribution in [0.4, 0.5) is 5.69 Å². The average Bonchev–Trinajstić information content (AvgIpc) is 2.70. The second kappa shape index (κ2) is 9.07. The van der Waals surface area contributed by atoms with E-state index >= 15 is 0 Å². The SMILES string of the molecule is O=C(/C=C/c1ccc(Cl)cc1)Nc1cc(S(=O)(=O)N2CCOCC2)ccc1Cl. The fourth-order valence-corrected chi connectivity index (χ4v) is 4.34. The number of hydrogen-bond donors (Lipinski definition) is 1. The lowest BCUT2D eigenvalue weighted by Crippen LogP contribution is -2.40. The Balaban J connectivity index is 1.75. The van der Waals surface area contributed by atoms with Crippen molar-refractivity contribution < 1.29 is 17.9 Å². The van der Waals surface area contributed by atoms with Crippen LogP contribution >= 0.6 is 23.2 Å². The minimum atomic E-state index is -3.68. The molecule has 3 rings (SSSR count). The van der Waals surface area contributed by atoms with E-state index in [1.165, 1.54) is 28.6 Å². The second-order valence-electron chi connectivity index (χ2n) is 6.03. The van der Waals surface area contributed by atoms with Gasteiger partial charge in [0.1, 0.15) is 0 Å². The normalized spacial score (nSPS) is 15.6. The molecule has 1 N–H and O–H groups in total. The van der Waals surface area contributed by atoms with Crippen LogP contribution in [0.15, 0.2) is 53.4 Å². The van der Waals surface area contributed by atoms with Crippen molar-refractivity contribution in [2.75, 3.05) is 31.6 Å². The van der Waals surface area contributed by atoms with E-state index in [9.17, 15) is 13.2 Å². The Kier molecular flexibility index (Phi) is 6.74. The average molecular weight is 441 g/mol. The Morgan fingerprint density at radius 1 is 1.07 bits per heavy atom. The van der Waals surface area contributed by atoms with E-state index in [0.717, 1.165) is 5.56 Å². The highest BCUT2D eigenvalue weighted by Gasteiger charge is 2.27. The number of sulfonamides is 1. The molecule has 9 heteroatoms. The maximum atomic E-state index is 12.8. The molecule has 0 aliphatic carbocycles. The number of rotatable bonds is 5. The van der Waals surface area contributed by atoms with E-state index in [4.69, 9.17) is 27.9 Å². The minimum absolute atomic E-state index is 0.0655. The molecule has 2 aromatic carbocycles. The quantitative estimate of drug-likeness (QED) is 0.719. The van der Waals surface area contributed by atoms with Crippen LogP contribution in [0.2, 0.25) is 10.0 Å². The second-order valence-corrected chi connectivity index (χ2v) is 8.81.